The average molecular weight is 369 g/mol. The summed E-state index contributed by atoms with van der Waals surface area (Å²) in [5.41, 5.74) is 0.280. The third-order valence-corrected chi connectivity index (χ3v) is 3.66. The lowest BCUT2D eigenvalue weighted by Gasteiger charge is -2.14. The van der Waals surface area contributed by atoms with Gasteiger partial charge in [0.15, 0.2) is 11.2 Å². The van der Waals surface area contributed by atoms with Gasteiger partial charge in [-0.2, -0.15) is 0 Å². The van der Waals surface area contributed by atoms with Gasteiger partial charge in [0.05, 0.1) is 12.6 Å². The van der Waals surface area contributed by atoms with E-state index in [2.05, 4.69) is 20.0 Å². The summed E-state index contributed by atoms with van der Waals surface area (Å²) in [5.74, 6) is -0.398. The van der Waals surface area contributed by atoms with Crippen LogP contribution in [-0.2, 0) is 13.1 Å². The maximum Gasteiger partial charge on any atom is 0.573 e. The van der Waals surface area contributed by atoms with Gasteiger partial charge in [-0.3, -0.25) is 9.36 Å². The van der Waals surface area contributed by atoms with E-state index in [1.807, 2.05) is 6.92 Å². The van der Waals surface area contributed by atoms with Crippen molar-refractivity contribution in [2.75, 3.05) is 0 Å². The number of nitrogens with zero attached hydrogens (tertiary/aromatic N) is 5. The number of halogens is 3. The van der Waals surface area contributed by atoms with Gasteiger partial charge in [0.1, 0.15) is 12.1 Å². The van der Waals surface area contributed by atoms with Gasteiger partial charge in [0, 0.05) is 6.54 Å². The standard InChI is InChI=1S/C15H14F3N5O3/c1-2-23-13-12(20-21-23)14(25)22(8-19-13)7-11(24)9-3-5-10(6-4-9)26-15(16,17)18/h3-6,8,11,24H,2,7H2,1H3. The van der Waals surface area contributed by atoms with Gasteiger partial charge >= 0.3 is 6.36 Å². The molecule has 2 heterocycles. The molecular weight excluding hydrogens is 355 g/mol. The molecule has 0 aliphatic rings. The number of aliphatic hydroxyl groups is 1. The molecule has 0 spiro atoms. The molecule has 0 saturated carbocycles. The van der Waals surface area contributed by atoms with Crippen molar-refractivity contribution in [3.8, 4) is 5.75 Å². The van der Waals surface area contributed by atoms with Gasteiger partial charge in [-0.1, -0.05) is 17.3 Å². The number of aryl methyl sites for hydroxylation is 1. The van der Waals surface area contributed by atoms with Crippen molar-refractivity contribution in [3.63, 3.8) is 0 Å². The maximum atomic E-state index is 12.4. The fraction of sp³-hybridized carbons (Fsp3) is 0.333. The molecule has 138 valence electrons. The third-order valence-electron chi connectivity index (χ3n) is 3.66. The van der Waals surface area contributed by atoms with E-state index in [0.717, 1.165) is 12.1 Å². The zero-order valence-corrected chi connectivity index (χ0v) is 13.5. The smallest absolute Gasteiger partial charge is 0.406 e. The first-order valence-electron chi connectivity index (χ1n) is 7.61. The number of hydrogen-bond donors (Lipinski definition) is 1. The van der Waals surface area contributed by atoms with Crippen LogP contribution < -0.4 is 10.3 Å². The molecule has 0 aliphatic heterocycles. The molecule has 3 rings (SSSR count). The van der Waals surface area contributed by atoms with Crippen LogP contribution >= 0.6 is 0 Å². The zero-order chi connectivity index (χ0) is 18.9. The Morgan fingerprint density at radius 3 is 2.58 bits per heavy atom. The van der Waals surface area contributed by atoms with Crippen molar-refractivity contribution in [2.24, 2.45) is 0 Å². The number of benzene rings is 1. The molecule has 11 heteroatoms. The minimum atomic E-state index is -4.79. The van der Waals surface area contributed by atoms with Crippen molar-refractivity contribution in [1.29, 1.82) is 0 Å². The van der Waals surface area contributed by atoms with E-state index in [1.165, 1.54) is 27.7 Å². The Kier molecular flexibility index (Phi) is 4.64. The summed E-state index contributed by atoms with van der Waals surface area (Å²) in [5, 5.41) is 17.9. The number of hydrogen-bond acceptors (Lipinski definition) is 6. The molecule has 3 aromatic rings. The Hall–Kier alpha value is -2.95. The monoisotopic (exact) mass is 369 g/mol. The second kappa shape index (κ2) is 6.75. The first-order chi connectivity index (χ1) is 12.3. The number of alkyl halides is 3. The summed E-state index contributed by atoms with van der Waals surface area (Å²) < 4.78 is 42.9. The van der Waals surface area contributed by atoms with Crippen LogP contribution in [0.3, 0.4) is 0 Å². The molecule has 0 saturated heterocycles. The molecule has 0 fully saturated rings. The lowest BCUT2D eigenvalue weighted by Crippen LogP contribution is -2.24. The van der Waals surface area contributed by atoms with E-state index >= 15 is 0 Å². The predicted octanol–water partition coefficient (Wildman–Crippen LogP) is 1.64. The zero-order valence-electron chi connectivity index (χ0n) is 13.5. The highest BCUT2D eigenvalue weighted by Crippen LogP contribution is 2.24. The first-order valence-corrected chi connectivity index (χ1v) is 7.61. The maximum absolute atomic E-state index is 12.4. The van der Waals surface area contributed by atoms with Crippen LogP contribution in [0, 0.1) is 0 Å². The van der Waals surface area contributed by atoms with Crippen molar-refractivity contribution in [2.45, 2.75) is 32.5 Å². The van der Waals surface area contributed by atoms with Crippen molar-refractivity contribution in [3.05, 3.63) is 46.5 Å². The second-order valence-electron chi connectivity index (χ2n) is 5.41. The molecule has 1 atom stereocenters. The Bertz CT molecular complexity index is 965. The number of fused-ring (bicyclic) bond motifs is 1. The summed E-state index contributed by atoms with van der Waals surface area (Å²) in [6.45, 7) is 2.19. The summed E-state index contributed by atoms with van der Waals surface area (Å²) in [6, 6.07) is 4.75. The van der Waals surface area contributed by atoms with Crippen LogP contribution in [0.25, 0.3) is 11.2 Å². The quantitative estimate of drug-likeness (QED) is 0.735. The third kappa shape index (κ3) is 3.67. The second-order valence-corrected chi connectivity index (χ2v) is 5.41. The number of aromatic nitrogens is 5. The van der Waals surface area contributed by atoms with Gasteiger partial charge in [-0.15, -0.1) is 18.3 Å². The Labute approximate surface area is 144 Å². The molecule has 26 heavy (non-hydrogen) atoms. The van der Waals surface area contributed by atoms with Crippen LogP contribution in [0.4, 0.5) is 13.2 Å². The van der Waals surface area contributed by atoms with Crippen molar-refractivity contribution in [1.82, 2.24) is 24.5 Å². The first kappa shape index (κ1) is 17.9. The highest BCUT2D eigenvalue weighted by Gasteiger charge is 2.31. The van der Waals surface area contributed by atoms with Crippen LogP contribution in [0.1, 0.15) is 18.6 Å². The van der Waals surface area contributed by atoms with E-state index in [0.29, 0.717) is 17.8 Å². The predicted molar refractivity (Wildman–Crippen MR) is 83.3 cm³/mol. The summed E-state index contributed by atoms with van der Waals surface area (Å²) >= 11 is 0. The van der Waals surface area contributed by atoms with E-state index in [4.69, 9.17) is 0 Å². The summed E-state index contributed by atoms with van der Waals surface area (Å²) in [6.07, 6.45) is -4.65. The minimum Gasteiger partial charge on any atom is -0.406 e. The molecule has 8 nitrogen and oxygen atoms in total. The SMILES string of the molecule is CCn1nnc2c(=O)n(CC(O)c3ccc(OC(F)(F)F)cc3)cnc21. The number of aliphatic hydroxyl groups excluding tert-OH is 1. The van der Waals surface area contributed by atoms with Crippen LogP contribution in [-0.4, -0.2) is 36.0 Å². The molecule has 1 unspecified atom stereocenters. The number of rotatable bonds is 5. The molecule has 1 aromatic carbocycles. The summed E-state index contributed by atoms with van der Waals surface area (Å²) in [4.78, 5) is 16.5. The Balaban J connectivity index is 1.79. The molecule has 0 aliphatic carbocycles. The van der Waals surface area contributed by atoms with Gasteiger partial charge in [0.25, 0.3) is 5.56 Å². The van der Waals surface area contributed by atoms with E-state index < -0.39 is 23.8 Å². The fourth-order valence-electron chi connectivity index (χ4n) is 2.41. The highest BCUT2D eigenvalue weighted by molar-refractivity contribution is 5.67. The van der Waals surface area contributed by atoms with Gasteiger partial charge in [0.2, 0.25) is 0 Å². The Morgan fingerprint density at radius 1 is 1.27 bits per heavy atom. The van der Waals surface area contributed by atoms with Crippen LogP contribution in [0.15, 0.2) is 35.4 Å². The number of ether oxygens (including phenoxy) is 1. The normalized spacial score (nSPS) is 13.1. The van der Waals surface area contributed by atoms with Crippen molar-refractivity contribution < 1.29 is 23.0 Å². The molecule has 0 amide bonds. The topological polar surface area (TPSA) is 95.1 Å². The lowest BCUT2D eigenvalue weighted by molar-refractivity contribution is -0.274. The van der Waals surface area contributed by atoms with E-state index in [1.54, 1.807) is 0 Å². The van der Waals surface area contributed by atoms with Gasteiger partial charge in [-0.25, -0.2) is 9.67 Å². The molecular formula is C15H14F3N5O3. The average Bonchev–Trinajstić information content (AvgIpc) is 3.00. The Morgan fingerprint density at radius 2 is 1.96 bits per heavy atom. The molecule has 2 aromatic heterocycles. The molecule has 0 bridgehead atoms. The molecule has 0 radical (unpaired) electrons. The largest absolute Gasteiger partial charge is 0.573 e. The van der Waals surface area contributed by atoms with Crippen molar-refractivity contribution >= 4 is 11.2 Å². The lowest BCUT2D eigenvalue weighted by atomic mass is 10.1. The van der Waals surface area contributed by atoms with Crippen LogP contribution in [0.5, 0.6) is 5.75 Å². The highest BCUT2D eigenvalue weighted by atomic mass is 19.4. The fourth-order valence-corrected chi connectivity index (χ4v) is 2.41. The molecule has 1 N–H and O–H groups in total. The summed E-state index contributed by atoms with van der Waals surface area (Å²) in [7, 11) is 0. The van der Waals surface area contributed by atoms with E-state index in [9.17, 15) is 23.1 Å². The van der Waals surface area contributed by atoms with Gasteiger partial charge in [-0.05, 0) is 24.6 Å². The van der Waals surface area contributed by atoms with Gasteiger partial charge < -0.3 is 9.84 Å². The van der Waals surface area contributed by atoms with Crippen LogP contribution in [0.2, 0.25) is 0 Å². The minimum absolute atomic E-state index is 0.0791. The van der Waals surface area contributed by atoms with E-state index in [-0.39, 0.29) is 12.1 Å².